The highest BCUT2D eigenvalue weighted by Gasteiger charge is 2.37. The topological polar surface area (TPSA) is 93.3 Å². The largest absolute Gasteiger partial charge is 0.486 e. The molecular weight excluding hydrogens is 470 g/mol. The number of ether oxygens (including phenoxy) is 2. The van der Waals surface area contributed by atoms with Crippen LogP contribution >= 0.6 is 11.6 Å². The molecule has 2 aromatic heterocycles. The summed E-state index contributed by atoms with van der Waals surface area (Å²) in [5, 5.41) is 1.53. The predicted octanol–water partition coefficient (Wildman–Crippen LogP) is 5.17. The second kappa shape index (κ2) is 8.74. The molecule has 0 aliphatic heterocycles. The Labute approximate surface area is 188 Å². The number of halogens is 5. The number of nitrogens with one attached hydrogen (secondary N) is 2. The Morgan fingerprint density at radius 3 is 2.58 bits per heavy atom. The van der Waals surface area contributed by atoms with Crippen LogP contribution in [0.5, 0.6) is 17.4 Å². The summed E-state index contributed by atoms with van der Waals surface area (Å²) in [6, 6.07) is 6.37. The highest BCUT2D eigenvalue weighted by atomic mass is 35.5. The van der Waals surface area contributed by atoms with Gasteiger partial charge in [-0.15, -0.1) is 0 Å². The number of aromatic nitrogens is 2. The van der Waals surface area contributed by atoms with Crippen molar-refractivity contribution < 1.29 is 31.8 Å². The number of aromatic amines is 1. The first kappa shape index (κ1) is 22.6. The van der Waals surface area contributed by atoms with E-state index in [0.29, 0.717) is 0 Å². The summed E-state index contributed by atoms with van der Waals surface area (Å²) < 4.78 is 64.9. The van der Waals surface area contributed by atoms with Crippen molar-refractivity contribution in [3.8, 4) is 17.4 Å². The highest BCUT2D eigenvalue weighted by molar-refractivity contribution is 6.31. The van der Waals surface area contributed by atoms with E-state index in [0.717, 1.165) is 43.2 Å². The van der Waals surface area contributed by atoms with Crippen LogP contribution < -0.4 is 20.3 Å². The monoisotopic (exact) mass is 483 g/mol. The van der Waals surface area contributed by atoms with Crippen LogP contribution in [0, 0.1) is 5.82 Å². The minimum absolute atomic E-state index is 0.0521. The molecule has 4 rings (SSSR count). The van der Waals surface area contributed by atoms with E-state index in [1.807, 2.05) is 0 Å². The molecule has 1 saturated carbocycles. The van der Waals surface area contributed by atoms with Crippen LogP contribution in [-0.2, 0) is 6.18 Å². The molecule has 1 aliphatic carbocycles. The van der Waals surface area contributed by atoms with Crippen molar-refractivity contribution >= 4 is 23.2 Å². The van der Waals surface area contributed by atoms with Crippen molar-refractivity contribution in [2.75, 3.05) is 5.32 Å². The minimum Gasteiger partial charge on any atom is -0.486 e. The first-order valence-corrected chi connectivity index (χ1v) is 9.90. The predicted molar refractivity (Wildman–Crippen MR) is 109 cm³/mol. The Morgan fingerprint density at radius 1 is 1.15 bits per heavy atom. The Hall–Kier alpha value is -3.60. The average molecular weight is 484 g/mol. The molecule has 0 bridgehead atoms. The Kier molecular flexibility index (Phi) is 5.98. The van der Waals surface area contributed by atoms with Gasteiger partial charge in [0.1, 0.15) is 11.4 Å². The van der Waals surface area contributed by atoms with Gasteiger partial charge >= 0.3 is 6.18 Å². The quantitative estimate of drug-likeness (QED) is 0.472. The molecule has 1 amide bonds. The van der Waals surface area contributed by atoms with Crippen LogP contribution in [0.4, 0.5) is 23.2 Å². The fourth-order valence-electron chi connectivity index (χ4n) is 2.76. The summed E-state index contributed by atoms with van der Waals surface area (Å²) in [5.74, 6) is -2.52. The van der Waals surface area contributed by atoms with Gasteiger partial charge in [-0.05, 0) is 37.1 Å². The van der Waals surface area contributed by atoms with Crippen molar-refractivity contribution in [2.45, 2.75) is 25.1 Å². The molecule has 3 aromatic rings. The lowest BCUT2D eigenvalue weighted by Crippen LogP contribution is -2.18. The van der Waals surface area contributed by atoms with Crippen molar-refractivity contribution in [1.82, 2.24) is 9.97 Å². The maximum Gasteiger partial charge on any atom is 0.434 e. The summed E-state index contributed by atoms with van der Waals surface area (Å²) in [6.45, 7) is 0. The summed E-state index contributed by atoms with van der Waals surface area (Å²) in [7, 11) is 0. The van der Waals surface area contributed by atoms with E-state index in [1.54, 1.807) is 0 Å². The number of alkyl halides is 3. The summed E-state index contributed by atoms with van der Waals surface area (Å²) >= 11 is 5.74. The van der Waals surface area contributed by atoms with Gasteiger partial charge in [-0.1, -0.05) is 11.6 Å². The van der Waals surface area contributed by atoms with E-state index in [9.17, 15) is 27.2 Å². The summed E-state index contributed by atoms with van der Waals surface area (Å²) in [5.41, 5.74) is -2.36. The van der Waals surface area contributed by atoms with Gasteiger partial charge in [-0.3, -0.25) is 9.59 Å². The van der Waals surface area contributed by atoms with Crippen molar-refractivity contribution in [2.24, 2.45) is 0 Å². The smallest absolute Gasteiger partial charge is 0.434 e. The lowest BCUT2D eigenvalue weighted by molar-refractivity contribution is -0.141. The number of nitrogens with zero attached hydrogens (tertiary/aromatic N) is 1. The number of H-pyrrole nitrogens is 1. The van der Waals surface area contributed by atoms with Crippen molar-refractivity contribution in [3.63, 3.8) is 0 Å². The number of pyridine rings is 2. The molecule has 1 fully saturated rings. The van der Waals surface area contributed by atoms with Gasteiger partial charge in [0.2, 0.25) is 11.4 Å². The number of amides is 1. The van der Waals surface area contributed by atoms with Crippen molar-refractivity contribution in [3.05, 3.63) is 75.0 Å². The number of carbonyl (C=O) groups excluding carboxylic acids is 1. The van der Waals surface area contributed by atoms with Crippen LogP contribution in [0.15, 0.2) is 47.4 Å². The van der Waals surface area contributed by atoms with Gasteiger partial charge in [0, 0.05) is 24.0 Å². The van der Waals surface area contributed by atoms with Crippen molar-refractivity contribution in [1.29, 1.82) is 0 Å². The molecule has 1 aromatic carbocycles. The number of rotatable bonds is 6. The number of benzene rings is 1. The zero-order chi connectivity index (χ0) is 23.8. The standard InChI is InChI=1S/C21H14ClF4N3O4/c22-14-9-13(19(31)28-11-5-6-27-17(30)8-11)20(29-18(14)21(24,25)26)33-15-4-1-10(23)7-16(15)32-12-2-3-12/h1,4-9,12H,2-3H2,(H2,27,28,30,31). The number of hydrogen-bond donors (Lipinski definition) is 2. The van der Waals surface area contributed by atoms with Crippen LogP contribution in [-0.4, -0.2) is 22.0 Å². The summed E-state index contributed by atoms with van der Waals surface area (Å²) in [6.07, 6.45) is -2.37. The second-order valence-electron chi connectivity index (χ2n) is 7.08. The molecule has 172 valence electrons. The first-order valence-electron chi connectivity index (χ1n) is 9.52. The highest BCUT2D eigenvalue weighted by Crippen LogP contribution is 2.40. The second-order valence-corrected chi connectivity index (χ2v) is 7.48. The number of hydrogen-bond acceptors (Lipinski definition) is 5. The number of carbonyl (C=O) groups is 1. The SMILES string of the molecule is O=C(Nc1cc[nH]c(=O)c1)c1cc(Cl)c(C(F)(F)F)nc1Oc1ccc(F)cc1OC1CC1. The molecule has 1 aliphatic rings. The van der Waals surface area contributed by atoms with E-state index in [-0.39, 0.29) is 23.3 Å². The Bertz CT molecular complexity index is 1280. The maximum absolute atomic E-state index is 13.7. The maximum atomic E-state index is 13.7. The third-order valence-corrected chi connectivity index (χ3v) is 4.71. The van der Waals surface area contributed by atoms with Crippen LogP contribution in [0.3, 0.4) is 0 Å². The third-order valence-electron chi connectivity index (χ3n) is 4.42. The van der Waals surface area contributed by atoms with E-state index in [1.165, 1.54) is 12.3 Å². The molecule has 0 atom stereocenters. The molecule has 0 spiro atoms. The fourth-order valence-corrected chi connectivity index (χ4v) is 3.02. The minimum atomic E-state index is -4.94. The molecule has 0 saturated heterocycles. The molecule has 0 unspecified atom stereocenters. The molecular formula is C21H14ClF4N3O4. The molecule has 33 heavy (non-hydrogen) atoms. The third kappa shape index (κ3) is 5.43. The molecule has 2 N–H and O–H groups in total. The zero-order valence-electron chi connectivity index (χ0n) is 16.5. The van der Waals surface area contributed by atoms with E-state index in [2.05, 4.69) is 15.3 Å². The van der Waals surface area contributed by atoms with Gasteiger partial charge in [0.15, 0.2) is 17.2 Å². The fraction of sp³-hybridized carbons (Fsp3) is 0.190. The number of anilines is 1. The average Bonchev–Trinajstić information content (AvgIpc) is 3.54. The lowest BCUT2D eigenvalue weighted by Gasteiger charge is -2.16. The molecule has 2 heterocycles. The van der Waals surface area contributed by atoms with Gasteiger partial charge in [0.25, 0.3) is 5.91 Å². The normalized spacial score (nSPS) is 13.5. The molecule has 7 nitrogen and oxygen atoms in total. The molecule has 12 heteroatoms. The molecule has 0 radical (unpaired) electrons. The van der Waals surface area contributed by atoms with Crippen LogP contribution in [0.1, 0.15) is 28.9 Å². The van der Waals surface area contributed by atoms with Gasteiger partial charge in [0.05, 0.1) is 11.1 Å². The zero-order valence-corrected chi connectivity index (χ0v) is 17.3. The van der Waals surface area contributed by atoms with Gasteiger partial charge in [-0.2, -0.15) is 13.2 Å². The van der Waals surface area contributed by atoms with E-state index < -0.39 is 45.6 Å². The summed E-state index contributed by atoms with van der Waals surface area (Å²) in [4.78, 5) is 30.0. The van der Waals surface area contributed by atoms with E-state index >= 15 is 0 Å². The van der Waals surface area contributed by atoms with Gasteiger partial charge < -0.3 is 19.8 Å². The van der Waals surface area contributed by atoms with Crippen LogP contribution in [0.2, 0.25) is 5.02 Å². The van der Waals surface area contributed by atoms with Crippen LogP contribution in [0.25, 0.3) is 0 Å². The first-order chi connectivity index (χ1) is 15.6. The lowest BCUT2D eigenvalue weighted by atomic mass is 10.2. The van der Waals surface area contributed by atoms with Gasteiger partial charge in [-0.25, -0.2) is 9.37 Å². The Morgan fingerprint density at radius 2 is 1.91 bits per heavy atom. The van der Waals surface area contributed by atoms with E-state index in [4.69, 9.17) is 21.1 Å². The Balaban J connectivity index is 1.75.